The maximum Gasteiger partial charge on any atom is 0.161 e. The average molecular weight is 170 g/mol. The van der Waals surface area contributed by atoms with Gasteiger partial charge in [0.25, 0.3) is 0 Å². The average Bonchev–Trinajstić information content (AvgIpc) is 2.10. The van der Waals surface area contributed by atoms with Gasteiger partial charge >= 0.3 is 0 Å². The first-order valence-electron chi connectivity index (χ1n) is 4.32. The van der Waals surface area contributed by atoms with Gasteiger partial charge < -0.3 is 11.5 Å². The van der Waals surface area contributed by atoms with Crippen molar-refractivity contribution >= 4 is 11.7 Å². The van der Waals surface area contributed by atoms with Gasteiger partial charge in [-0.3, -0.25) is 9.98 Å². The molecule has 0 aliphatic rings. The van der Waals surface area contributed by atoms with Gasteiger partial charge in [-0.25, -0.2) is 0 Å². The molecule has 70 valence electrons. The maximum absolute atomic E-state index is 5.54. The zero-order valence-corrected chi connectivity index (χ0v) is 7.88. The largest absolute Gasteiger partial charge is 0.381 e. The number of hydrogen-bond donors (Lipinski definition) is 2. The van der Waals surface area contributed by atoms with Crippen LogP contribution in [0, 0.1) is 0 Å². The van der Waals surface area contributed by atoms with E-state index in [4.69, 9.17) is 11.5 Å². The summed E-state index contributed by atoms with van der Waals surface area (Å²) < 4.78 is 0. The predicted octanol–water partition coefficient (Wildman–Crippen LogP) is 0.521. The molecule has 0 aliphatic carbocycles. The van der Waals surface area contributed by atoms with E-state index in [2.05, 4.69) is 9.98 Å². The molecule has 0 unspecified atom stereocenters. The SMILES string of the molecule is CCCN=C(N)C(N)=NCCC. The standard InChI is InChI=1S/C8H18N4/c1-3-5-11-7(9)8(10)12-6-4-2/h3-6H2,1-2H3,(H2,9,11)(H2,10,12). The first-order chi connectivity index (χ1) is 5.72. The Bertz CT molecular complexity index is 152. The summed E-state index contributed by atoms with van der Waals surface area (Å²) in [4.78, 5) is 8.07. The normalized spacial score (nSPS) is 13.5. The molecule has 0 rings (SSSR count). The number of nitrogens with two attached hydrogens (primary N) is 2. The monoisotopic (exact) mass is 170 g/mol. The molecule has 0 atom stereocenters. The molecule has 0 aromatic heterocycles. The fourth-order valence-electron chi connectivity index (χ4n) is 0.627. The highest BCUT2D eigenvalue weighted by atomic mass is 15.0. The van der Waals surface area contributed by atoms with Gasteiger partial charge in [-0.15, -0.1) is 0 Å². The Kier molecular flexibility index (Phi) is 6.05. The zero-order chi connectivity index (χ0) is 9.40. The van der Waals surface area contributed by atoms with Gasteiger partial charge in [0.15, 0.2) is 11.7 Å². The van der Waals surface area contributed by atoms with Crippen LogP contribution in [0.2, 0.25) is 0 Å². The van der Waals surface area contributed by atoms with E-state index in [0.717, 1.165) is 12.8 Å². The molecule has 0 bridgehead atoms. The van der Waals surface area contributed by atoms with Crippen molar-refractivity contribution in [2.24, 2.45) is 21.5 Å². The van der Waals surface area contributed by atoms with Crippen LogP contribution in [0.25, 0.3) is 0 Å². The van der Waals surface area contributed by atoms with Crippen molar-refractivity contribution in [2.45, 2.75) is 26.7 Å². The van der Waals surface area contributed by atoms with Crippen LogP contribution in [0.15, 0.2) is 9.98 Å². The molecule has 4 heteroatoms. The summed E-state index contributed by atoms with van der Waals surface area (Å²) in [6.45, 7) is 5.51. The van der Waals surface area contributed by atoms with E-state index in [0.29, 0.717) is 24.8 Å². The number of nitrogens with zero attached hydrogens (tertiary/aromatic N) is 2. The number of hydrogen-bond acceptors (Lipinski definition) is 2. The molecule has 12 heavy (non-hydrogen) atoms. The van der Waals surface area contributed by atoms with Gasteiger partial charge in [0.05, 0.1) is 0 Å². The fraction of sp³-hybridized carbons (Fsp3) is 0.750. The van der Waals surface area contributed by atoms with Gasteiger partial charge in [-0.05, 0) is 12.8 Å². The van der Waals surface area contributed by atoms with Crippen molar-refractivity contribution in [3.05, 3.63) is 0 Å². The number of rotatable bonds is 4. The molecule has 0 aliphatic heterocycles. The lowest BCUT2D eigenvalue weighted by Gasteiger charge is -1.98. The third kappa shape index (κ3) is 4.71. The minimum atomic E-state index is 0.366. The third-order valence-corrected chi connectivity index (χ3v) is 1.27. The summed E-state index contributed by atoms with van der Waals surface area (Å²) >= 11 is 0. The van der Waals surface area contributed by atoms with Crippen LogP contribution < -0.4 is 11.5 Å². The second-order valence-electron chi connectivity index (χ2n) is 2.53. The van der Waals surface area contributed by atoms with Gasteiger partial charge in [0.2, 0.25) is 0 Å². The molecular formula is C8H18N4. The van der Waals surface area contributed by atoms with Crippen LogP contribution in [0.3, 0.4) is 0 Å². The van der Waals surface area contributed by atoms with Crippen LogP contribution in [0.1, 0.15) is 26.7 Å². The maximum atomic E-state index is 5.54. The highest BCUT2D eigenvalue weighted by Gasteiger charge is 1.95. The van der Waals surface area contributed by atoms with Gasteiger partial charge in [-0.1, -0.05) is 13.8 Å². The van der Waals surface area contributed by atoms with E-state index < -0.39 is 0 Å². The molecular weight excluding hydrogens is 152 g/mol. The molecule has 0 spiro atoms. The molecule has 0 saturated heterocycles. The van der Waals surface area contributed by atoms with Crippen LogP contribution in [0.5, 0.6) is 0 Å². The number of amidine groups is 2. The molecule has 0 saturated carbocycles. The lowest BCUT2D eigenvalue weighted by atomic mass is 10.4. The summed E-state index contributed by atoms with van der Waals surface area (Å²) in [5.74, 6) is 0.732. The van der Waals surface area contributed by atoms with Crippen LogP contribution in [-0.2, 0) is 0 Å². The quantitative estimate of drug-likeness (QED) is 0.476. The summed E-state index contributed by atoms with van der Waals surface area (Å²) in [7, 11) is 0. The number of aliphatic imine (C=N–C) groups is 2. The molecule has 0 fully saturated rings. The minimum absolute atomic E-state index is 0.366. The Labute approximate surface area is 73.8 Å². The topological polar surface area (TPSA) is 76.8 Å². The van der Waals surface area contributed by atoms with Crippen LogP contribution >= 0.6 is 0 Å². The minimum Gasteiger partial charge on any atom is -0.381 e. The first-order valence-corrected chi connectivity index (χ1v) is 4.32. The highest BCUT2D eigenvalue weighted by molar-refractivity contribution is 6.39. The summed E-state index contributed by atoms with van der Waals surface area (Å²) in [5, 5.41) is 0. The van der Waals surface area contributed by atoms with Crippen molar-refractivity contribution in [3.8, 4) is 0 Å². The van der Waals surface area contributed by atoms with Gasteiger partial charge in [-0.2, -0.15) is 0 Å². The Morgan fingerprint density at radius 1 is 0.917 bits per heavy atom. The van der Waals surface area contributed by atoms with Crippen molar-refractivity contribution < 1.29 is 0 Å². The van der Waals surface area contributed by atoms with E-state index in [1.165, 1.54) is 0 Å². The van der Waals surface area contributed by atoms with Crippen molar-refractivity contribution in [1.29, 1.82) is 0 Å². The Morgan fingerprint density at radius 2 is 1.25 bits per heavy atom. The Balaban J connectivity index is 3.98. The predicted molar refractivity (Wildman–Crippen MR) is 53.6 cm³/mol. The van der Waals surface area contributed by atoms with Crippen molar-refractivity contribution in [2.75, 3.05) is 13.1 Å². The Morgan fingerprint density at radius 3 is 1.50 bits per heavy atom. The molecule has 0 heterocycles. The second-order valence-corrected chi connectivity index (χ2v) is 2.53. The molecule has 4 N–H and O–H groups in total. The molecule has 0 aromatic rings. The van der Waals surface area contributed by atoms with E-state index in [9.17, 15) is 0 Å². The van der Waals surface area contributed by atoms with Crippen molar-refractivity contribution in [3.63, 3.8) is 0 Å². The molecule has 0 amide bonds. The molecule has 0 aromatic carbocycles. The van der Waals surface area contributed by atoms with Crippen LogP contribution in [-0.4, -0.2) is 24.8 Å². The fourth-order valence-corrected chi connectivity index (χ4v) is 0.627. The van der Waals surface area contributed by atoms with Crippen molar-refractivity contribution in [1.82, 2.24) is 0 Å². The van der Waals surface area contributed by atoms with E-state index in [-0.39, 0.29) is 0 Å². The first kappa shape index (κ1) is 10.9. The lowest BCUT2D eigenvalue weighted by molar-refractivity contribution is 0.924. The smallest absolute Gasteiger partial charge is 0.161 e. The van der Waals surface area contributed by atoms with Gasteiger partial charge in [0, 0.05) is 13.1 Å². The van der Waals surface area contributed by atoms with Gasteiger partial charge in [0.1, 0.15) is 0 Å². The summed E-state index contributed by atoms with van der Waals surface area (Å²) in [6.07, 6.45) is 1.95. The third-order valence-electron chi connectivity index (χ3n) is 1.27. The molecule has 0 radical (unpaired) electrons. The van der Waals surface area contributed by atoms with Crippen LogP contribution in [0.4, 0.5) is 0 Å². The van der Waals surface area contributed by atoms with E-state index >= 15 is 0 Å². The summed E-state index contributed by atoms with van der Waals surface area (Å²) in [6, 6.07) is 0. The molecule has 4 nitrogen and oxygen atoms in total. The summed E-state index contributed by atoms with van der Waals surface area (Å²) in [5.41, 5.74) is 11.1. The highest BCUT2D eigenvalue weighted by Crippen LogP contribution is 1.81. The second kappa shape index (κ2) is 6.64. The Hall–Kier alpha value is -1.06. The van der Waals surface area contributed by atoms with E-state index in [1.807, 2.05) is 13.8 Å². The lowest BCUT2D eigenvalue weighted by Crippen LogP contribution is -2.31. The zero-order valence-electron chi connectivity index (χ0n) is 7.88. The van der Waals surface area contributed by atoms with E-state index in [1.54, 1.807) is 0 Å².